The Morgan fingerprint density at radius 3 is 2.27 bits per heavy atom. The molecule has 0 aromatic carbocycles. The van der Waals surface area contributed by atoms with Crippen molar-refractivity contribution in [3.8, 4) is 0 Å². The third kappa shape index (κ3) is 7.09. The van der Waals surface area contributed by atoms with Gasteiger partial charge in [0.2, 0.25) is 0 Å². The summed E-state index contributed by atoms with van der Waals surface area (Å²) in [6, 6.07) is 0.197. The van der Waals surface area contributed by atoms with E-state index in [0.29, 0.717) is 25.7 Å². The predicted molar refractivity (Wildman–Crippen MR) is 125 cm³/mol. The maximum atomic E-state index is 12.6. The Kier molecular flexibility index (Phi) is 7.61. The fourth-order valence-corrected chi connectivity index (χ4v) is 4.14. The first kappa shape index (κ1) is 25.3. The zero-order valence-corrected chi connectivity index (χ0v) is 21.1. The van der Waals surface area contributed by atoms with E-state index < -0.39 is 23.4 Å². The van der Waals surface area contributed by atoms with Gasteiger partial charge in [0.15, 0.2) is 0 Å². The Bertz CT molecular complexity index is 848. The van der Waals surface area contributed by atoms with Gasteiger partial charge in [-0.1, -0.05) is 0 Å². The van der Waals surface area contributed by atoms with Gasteiger partial charge in [0, 0.05) is 11.5 Å². The first-order chi connectivity index (χ1) is 15.3. The van der Waals surface area contributed by atoms with Crippen molar-refractivity contribution >= 4 is 18.0 Å². The van der Waals surface area contributed by atoms with Crippen molar-refractivity contribution < 1.29 is 23.8 Å². The first-order valence-corrected chi connectivity index (χ1v) is 12.0. The lowest BCUT2D eigenvalue weighted by atomic mass is 9.93. The zero-order valence-electron chi connectivity index (χ0n) is 21.1. The van der Waals surface area contributed by atoms with Crippen molar-refractivity contribution in [1.82, 2.24) is 15.1 Å². The van der Waals surface area contributed by atoms with Gasteiger partial charge in [0.1, 0.15) is 17.0 Å². The quantitative estimate of drug-likeness (QED) is 0.630. The van der Waals surface area contributed by atoms with E-state index in [-0.39, 0.29) is 12.0 Å². The minimum absolute atomic E-state index is 0.107. The van der Waals surface area contributed by atoms with Gasteiger partial charge in [0.05, 0.1) is 31.0 Å². The summed E-state index contributed by atoms with van der Waals surface area (Å²) in [6.07, 6.45) is 3.89. The minimum atomic E-state index is -0.581. The van der Waals surface area contributed by atoms with Crippen molar-refractivity contribution in [3.63, 3.8) is 0 Å². The Labute approximate surface area is 196 Å². The van der Waals surface area contributed by atoms with Crippen molar-refractivity contribution in [2.45, 2.75) is 104 Å². The maximum Gasteiger partial charge on any atom is 0.413 e. The van der Waals surface area contributed by atoms with Crippen LogP contribution in [0.3, 0.4) is 0 Å². The number of alkyl carbamates (subject to hydrolysis) is 1. The molecule has 3 rings (SSSR count). The molecule has 2 atom stereocenters. The molecule has 0 spiro atoms. The van der Waals surface area contributed by atoms with E-state index in [2.05, 4.69) is 10.6 Å². The highest BCUT2D eigenvalue weighted by Gasteiger charge is 2.33. The molecular weight excluding hydrogens is 424 g/mol. The van der Waals surface area contributed by atoms with Crippen LogP contribution in [0.2, 0.25) is 0 Å². The molecule has 1 aromatic rings. The van der Waals surface area contributed by atoms with Gasteiger partial charge in [0.25, 0.3) is 0 Å². The summed E-state index contributed by atoms with van der Waals surface area (Å²) in [4.78, 5) is 24.8. The van der Waals surface area contributed by atoms with Gasteiger partial charge >= 0.3 is 12.2 Å². The second-order valence-electron chi connectivity index (χ2n) is 11.2. The van der Waals surface area contributed by atoms with E-state index in [4.69, 9.17) is 19.3 Å². The van der Waals surface area contributed by atoms with Crippen LogP contribution >= 0.6 is 0 Å². The standard InChI is InChI=1S/C24H40N4O5/c1-15-18(12-11-16-13-31-14-19(16)25-21(29)32-23(2,3)4)20(26-22(30)33-24(5,6)7)28(27-15)17-9-8-10-17/h16-17,19H,8-14H2,1-7H3,(H,25,29)(H,26,30)/t16?,19-/m1/s1. The summed E-state index contributed by atoms with van der Waals surface area (Å²) in [7, 11) is 0. The number of nitrogens with zero attached hydrogens (tertiary/aromatic N) is 2. The van der Waals surface area contributed by atoms with Gasteiger partial charge in [-0.15, -0.1) is 0 Å². The van der Waals surface area contributed by atoms with Gasteiger partial charge < -0.3 is 19.5 Å². The number of rotatable bonds is 6. The Morgan fingerprint density at radius 1 is 1.06 bits per heavy atom. The van der Waals surface area contributed by atoms with Crippen molar-refractivity contribution in [2.75, 3.05) is 18.5 Å². The highest BCUT2D eigenvalue weighted by molar-refractivity contribution is 5.85. The van der Waals surface area contributed by atoms with Crippen LogP contribution in [-0.4, -0.2) is 52.4 Å². The molecule has 2 fully saturated rings. The lowest BCUT2D eigenvalue weighted by Crippen LogP contribution is -2.42. The number of hydrogen-bond acceptors (Lipinski definition) is 6. The van der Waals surface area contributed by atoms with Crippen LogP contribution < -0.4 is 10.6 Å². The van der Waals surface area contributed by atoms with Gasteiger partial charge in [-0.3, -0.25) is 5.32 Å². The van der Waals surface area contributed by atoms with Crippen LogP contribution in [0.5, 0.6) is 0 Å². The molecule has 1 aromatic heterocycles. The zero-order chi connectivity index (χ0) is 24.4. The molecule has 1 aliphatic carbocycles. The third-order valence-corrected chi connectivity index (χ3v) is 5.91. The second-order valence-corrected chi connectivity index (χ2v) is 11.2. The number of anilines is 1. The third-order valence-electron chi connectivity index (χ3n) is 5.91. The number of aromatic nitrogens is 2. The van der Waals surface area contributed by atoms with Gasteiger partial charge in [-0.05, 0) is 80.6 Å². The summed E-state index contributed by atoms with van der Waals surface area (Å²) in [5, 5.41) is 10.7. The molecule has 2 amide bonds. The topological polar surface area (TPSA) is 104 Å². The molecule has 33 heavy (non-hydrogen) atoms. The molecule has 0 radical (unpaired) electrons. The van der Waals surface area contributed by atoms with Crippen LogP contribution in [0, 0.1) is 12.8 Å². The molecule has 1 saturated carbocycles. The Balaban J connectivity index is 1.70. The first-order valence-electron chi connectivity index (χ1n) is 12.0. The van der Waals surface area contributed by atoms with E-state index in [9.17, 15) is 9.59 Å². The molecule has 2 aliphatic rings. The number of amides is 2. The summed E-state index contributed by atoms with van der Waals surface area (Å²) in [5.74, 6) is 0.875. The number of aryl methyl sites for hydroxylation is 1. The normalized spacial score (nSPS) is 21.4. The average Bonchev–Trinajstić information content (AvgIpc) is 3.13. The number of hydrogen-bond donors (Lipinski definition) is 2. The van der Waals surface area contributed by atoms with Crippen LogP contribution in [0.1, 0.15) is 84.5 Å². The summed E-state index contributed by atoms with van der Waals surface area (Å²) in [5.41, 5.74) is 0.788. The monoisotopic (exact) mass is 464 g/mol. The molecular formula is C24H40N4O5. The summed E-state index contributed by atoms with van der Waals surface area (Å²) >= 11 is 0. The molecule has 2 heterocycles. The smallest absolute Gasteiger partial charge is 0.413 e. The van der Waals surface area contributed by atoms with Crippen molar-refractivity contribution in [1.29, 1.82) is 0 Å². The molecule has 9 heteroatoms. The molecule has 1 aliphatic heterocycles. The van der Waals surface area contributed by atoms with Gasteiger partial charge in [-0.2, -0.15) is 5.10 Å². The van der Waals surface area contributed by atoms with E-state index in [1.54, 1.807) is 0 Å². The highest BCUT2D eigenvalue weighted by atomic mass is 16.6. The summed E-state index contributed by atoms with van der Waals surface area (Å²) < 4.78 is 18.5. The number of carbonyl (C=O) groups excluding carboxylic acids is 2. The van der Waals surface area contributed by atoms with Gasteiger partial charge in [-0.25, -0.2) is 14.3 Å². The van der Waals surface area contributed by atoms with E-state index in [1.807, 2.05) is 53.1 Å². The Hall–Kier alpha value is -2.29. The number of carbonyl (C=O) groups is 2. The molecule has 1 unspecified atom stereocenters. The van der Waals surface area contributed by atoms with Crippen LogP contribution in [-0.2, 0) is 20.6 Å². The van der Waals surface area contributed by atoms with E-state index in [1.165, 1.54) is 6.42 Å². The largest absolute Gasteiger partial charge is 0.444 e. The number of nitrogens with one attached hydrogen (secondary N) is 2. The second kappa shape index (κ2) is 9.91. The van der Waals surface area contributed by atoms with Crippen molar-refractivity contribution in [3.05, 3.63) is 11.3 Å². The van der Waals surface area contributed by atoms with Crippen LogP contribution in [0.4, 0.5) is 15.4 Å². The van der Waals surface area contributed by atoms with E-state index in [0.717, 1.165) is 36.3 Å². The Morgan fingerprint density at radius 2 is 1.70 bits per heavy atom. The predicted octanol–water partition coefficient (Wildman–Crippen LogP) is 4.74. The van der Waals surface area contributed by atoms with E-state index >= 15 is 0 Å². The van der Waals surface area contributed by atoms with Crippen molar-refractivity contribution in [2.24, 2.45) is 5.92 Å². The average molecular weight is 465 g/mol. The molecule has 186 valence electrons. The highest BCUT2D eigenvalue weighted by Crippen LogP contribution is 2.36. The molecule has 9 nitrogen and oxygen atoms in total. The minimum Gasteiger partial charge on any atom is -0.444 e. The van der Waals surface area contributed by atoms with Crippen LogP contribution in [0.15, 0.2) is 0 Å². The fourth-order valence-electron chi connectivity index (χ4n) is 4.14. The molecule has 2 N–H and O–H groups in total. The maximum absolute atomic E-state index is 12.6. The SMILES string of the molecule is Cc1nn(C2CCC2)c(NC(=O)OC(C)(C)C)c1CCC1COC[C@H]1NC(=O)OC(C)(C)C. The lowest BCUT2D eigenvalue weighted by molar-refractivity contribution is 0.0489. The lowest BCUT2D eigenvalue weighted by Gasteiger charge is -2.28. The number of ether oxygens (including phenoxy) is 3. The molecule has 1 saturated heterocycles. The summed E-state index contributed by atoms with van der Waals surface area (Å²) in [6.45, 7) is 14.1. The fraction of sp³-hybridized carbons (Fsp3) is 0.792. The molecule has 0 bridgehead atoms. The van der Waals surface area contributed by atoms with Crippen LogP contribution in [0.25, 0.3) is 0 Å².